The number of aliphatic hydroxyl groups is 1. The van der Waals surface area contributed by atoms with Crippen LogP contribution in [0.3, 0.4) is 0 Å². The number of aliphatic hydroxyl groups excluding tert-OH is 1. The summed E-state index contributed by atoms with van der Waals surface area (Å²) < 4.78 is 5.83. The van der Waals surface area contributed by atoms with Crippen molar-refractivity contribution in [2.24, 2.45) is 16.3 Å². The van der Waals surface area contributed by atoms with Crippen LogP contribution in [-0.2, 0) is 32.1 Å². The molecule has 1 saturated heterocycles. The third-order valence-electron chi connectivity index (χ3n) is 6.60. The summed E-state index contributed by atoms with van der Waals surface area (Å²) in [5.74, 6) is -0.990. The minimum atomic E-state index is -1.17. The molecule has 0 radical (unpaired) electrons. The Morgan fingerprint density at radius 1 is 1.13 bits per heavy atom. The summed E-state index contributed by atoms with van der Waals surface area (Å²) in [6.45, 7) is 3.99. The van der Waals surface area contributed by atoms with E-state index in [9.17, 15) is 14.4 Å². The van der Waals surface area contributed by atoms with Crippen molar-refractivity contribution in [1.29, 1.82) is 0 Å². The first-order chi connectivity index (χ1) is 18.2. The molecule has 0 spiro atoms. The van der Waals surface area contributed by atoms with E-state index < -0.39 is 22.9 Å². The second-order valence-corrected chi connectivity index (χ2v) is 10.0. The van der Waals surface area contributed by atoms with E-state index in [1.54, 1.807) is 18.7 Å². The van der Waals surface area contributed by atoms with E-state index >= 15 is 0 Å². The fourth-order valence-corrected chi connectivity index (χ4v) is 4.55. The number of fused-ring (bicyclic) bond motifs is 1. The summed E-state index contributed by atoms with van der Waals surface area (Å²) in [4.78, 5) is 41.1. The number of rotatable bonds is 9. The number of nitrogens with zero attached hydrogens (tertiary/aromatic N) is 2. The molecule has 3 amide bonds. The Hall–Kier alpha value is -3.60. The van der Waals surface area contributed by atoms with Crippen LogP contribution in [0.2, 0.25) is 0 Å². The number of likely N-dealkylation sites (tertiary alicyclic amines) is 1. The molecule has 10 heteroatoms. The average molecular weight is 524 g/mol. The minimum Gasteiger partial charge on any atom is -0.400 e. The standard InChI is InChI=1S/C27H33N5O4.CH4O/c1-26(2,28)24(34)29-21(17-36-16-20-11-7-4-8-12-20)23(33)32-14-13-22-27(18-32,25(35)31-30-22)15-19-9-5-3-6-10-19;1-2/h3-12,21H,13-18,28H2,1-2H3,(H,29,34)(H,31,35);2H,1H3. The molecule has 2 unspecified atom stereocenters. The largest absolute Gasteiger partial charge is 0.400 e. The zero-order chi connectivity index (χ0) is 27.8. The van der Waals surface area contributed by atoms with Gasteiger partial charge in [0.25, 0.3) is 5.91 Å². The van der Waals surface area contributed by atoms with Crippen LogP contribution in [-0.4, -0.2) is 71.8 Å². The highest BCUT2D eigenvalue weighted by atomic mass is 16.5. The Morgan fingerprint density at radius 2 is 1.74 bits per heavy atom. The van der Waals surface area contributed by atoms with Gasteiger partial charge < -0.3 is 25.8 Å². The van der Waals surface area contributed by atoms with E-state index in [-0.39, 0.29) is 25.0 Å². The fourth-order valence-electron chi connectivity index (χ4n) is 4.55. The molecule has 4 rings (SSSR count). The molecule has 2 aliphatic rings. The Balaban J connectivity index is 0.00000195. The molecule has 2 aliphatic heterocycles. The molecule has 0 aromatic heterocycles. The first-order valence-electron chi connectivity index (χ1n) is 12.6. The molecule has 0 bridgehead atoms. The van der Waals surface area contributed by atoms with Crippen LogP contribution in [0.4, 0.5) is 0 Å². The molecule has 38 heavy (non-hydrogen) atoms. The first kappa shape index (κ1) is 29.0. The van der Waals surface area contributed by atoms with Crippen LogP contribution in [0.15, 0.2) is 65.8 Å². The number of nitrogens with two attached hydrogens (primary N) is 1. The smallest absolute Gasteiger partial charge is 0.254 e. The highest BCUT2D eigenvalue weighted by Crippen LogP contribution is 2.35. The van der Waals surface area contributed by atoms with Gasteiger partial charge in [0.05, 0.1) is 24.5 Å². The van der Waals surface area contributed by atoms with Gasteiger partial charge in [0.1, 0.15) is 11.5 Å². The molecule has 2 aromatic rings. The summed E-state index contributed by atoms with van der Waals surface area (Å²) in [5.41, 5.74) is 9.17. The monoisotopic (exact) mass is 523 g/mol. The SMILES string of the molecule is CC(C)(N)C(=O)NC(COCc1ccccc1)C(=O)N1CCC2=NNC(=O)C2(Cc2ccccc2)C1.CO. The average Bonchev–Trinajstić information content (AvgIpc) is 3.24. The third kappa shape index (κ3) is 6.83. The highest BCUT2D eigenvalue weighted by molar-refractivity contribution is 6.13. The number of piperidine rings is 1. The van der Waals surface area contributed by atoms with E-state index in [0.29, 0.717) is 26.0 Å². The van der Waals surface area contributed by atoms with Crippen molar-refractivity contribution in [1.82, 2.24) is 15.6 Å². The topological polar surface area (TPSA) is 146 Å². The van der Waals surface area contributed by atoms with Gasteiger partial charge in [-0.25, -0.2) is 5.43 Å². The van der Waals surface area contributed by atoms with Crippen LogP contribution in [0, 0.1) is 5.41 Å². The molecule has 2 heterocycles. The molecule has 0 saturated carbocycles. The van der Waals surface area contributed by atoms with Crippen molar-refractivity contribution >= 4 is 23.4 Å². The van der Waals surface area contributed by atoms with Gasteiger partial charge in [-0.15, -0.1) is 0 Å². The first-order valence-corrected chi connectivity index (χ1v) is 12.6. The van der Waals surface area contributed by atoms with Crippen molar-refractivity contribution in [3.05, 3.63) is 71.8 Å². The number of hydrogen-bond acceptors (Lipinski definition) is 7. The number of hydrogen-bond donors (Lipinski definition) is 4. The molecule has 10 nitrogen and oxygen atoms in total. The molecular weight excluding hydrogens is 486 g/mol. The fraction of sp³-hybridized carbons (Fsp3) is 0.429. The lowest BCUT2D eigenvalue weighted by Crippen LogP contribution is -2.61. The molecule has 1 fully saturated rings. The Morgan fingerprint density at radius 3 is 2.34 bits per heavy atom. The van der Waals surface area contributed by atoms with Gasteiger partial charge in [0, 0.05) is 26.6 Å². The molecule has 2 atom stereocenters. The Kier molecular flexibility index (Phi) is 9.73. The van der Waals surface area contributed by atoms with Gasteiger partial charge in [-0.05, 0) is 31.4 Å². The van der Waals surface area contributed by atoms with E-state index in [0.717, 1.165) is 23.9 Å². The lowest BCUT2D eigenvalue weighted by Gasteiger charge is -2.40. The highest BCUT2D eigenvalue weighted by Gasteiger charge is 2.52. The van der Waals surface area contributed by atoms with Crippen molar-refractivity contribution < 1.29 is 24.2 Å². The van der Waals surface area contributed by atoms with E-state index in [2.05, 4.69) is 15.8 Å². The van der Waals surface area contributed by atoms with E-state index in [4.69, 9.17) is 15.6 Å². The van der Waals surface area contributed by atoms with Crippen molar-refractivity contribution in [2.75, 3.05) is 26.8 Å². The van der Waals surface area contributed by atoms with E-state index in [1.807, 2.05) is 60.7 Å². The summed E-state index contributed by atoms with van der Waals surface area (Å²) in [7, 11) is 1.00. The number of carbonyl (C=O) groups excluding carboxylic acids is 3. The molecule has 204 valence electrons. The zero-order valence-electron chi connectivity index (χ0n) is 22.1. The number of ether oxygens (including phenoxy) is 1. The maximum absolute atomic E-state index is 13.7. The number of benzene rings is 2. The van der Waals surface area contributed by atoms with Gasteiger partial charge in [-0.2, -0.15) is 5.10 Å². The number of hydrazone groups is 1. The number of amides is 3. The summed E-state index contributed by atoms with van der Waals surface area (Å²) in [5, 5.41) is 14.0. The third-order valence-corrected chi connectivity index (χ3v) is 6.60. The molecule has 5 N–H and O–H groups in total. The predicted molar refractivity (Wildman–Crippen MR) is 144 cm³/mol. The lowest BCUT2D eigenvalue weighted by molar-refractivity contribution is -0.142. The zero-order valence-corrected chi connectivity index (χ0v) is 22.1. The Labute approximate surface area is 223 Å². The quantitative estimate of drug-likeness (QED) is 0.385. The van der Waals surface area contributed by atoms with E-state index in [1.165, 1.54) is 0 Å². The van der Waals surface area contributed by atoms with Crippen molar-refractivity contribution in [2.45, 2.75) is 44.9 Å². The van der Waals surface area contributed by atoms with Crippen LogP contribution in [0.1, 0.15) is 31.4 Å². The van der Waals surface area contributed by atoms with Crippen molar-refractivity contribution in [3.8, 4) is 0 Å². The van der Waals surface area contributed by atoms with Crippen molar-refractivity contribution in [3.63, 3.8) is 0 Å². The minimum absolute atomic E-state index is 0.0229. The number of nitrogens with one attached hydrogen (secondary N) is 2. The number of carbonyl (C=O) groups is 3. The molecule has 2 aromatic carbocycles. The van der Waals surface area contributed by atoms with Gasteiger partial charge >= 0.3 is 0 Å². The lowest BCUT2D eigenvalue weighted by atomic mass is 9.73. The summed E-state index contributed by atoms with van der Waals surface area (Å²) >= 11 is 0. The molecular formula is C28H37N5O5. The van der Waals surface area contributed by atoms with Crippen LogP contribution >= 0.6 is 0 Å². The molecule has 0 aliphatic carbocycles. The normalized spacial score (nSPS) is 19.3. The predicted octanol–water partition coefficient (Wildman–Crippen LogP) is 0.981. The maximum atomic E-state index is 13.7. The van der Waals surface area contributed by atoms with Gasteiger partial charge in [0.2, 0.25) is 11.8 Å². The second kappa shape index (κ2) is 12.8. The van der Waals surface area contributed by atoms with Gasteiger partial charge in [-0.1, -0.05) is 60.7 Å². The van der Waals surface area contributed by atoms with Gasteiger partial charge in [-0.3, -0.25) is 14.4 Å². The van der Waals surface area contributed by atoms with Crippen LogP contribution in [0.25, 0.3) is 0 Å². The van der Waals surface area contributed by atoms with Gasteiger partial charge in [0.15, 0.2) is 0 Å². The van der Waals surface area contributed by atoms with Crippen LogP contribution in [0.5, 0.6) is 0 Å². The maximum Gasteiger partial charge on any atom is 0.254 e. The Bertz CT molecular complexity index is 1130. The summed E-state index contributed by atoms with van der Waals surface area (Å²) in [6, 6.07) is 18.3. The second-order valence-electron chi connectivity index (χ2n) is 10.0. The summed E-state index contributed by atoms with van der Waals surface area (Å²) in [6.07, 6.45) is 0.894. The van der Waals surface area contributed by atoms with Crippen LogP contribution < -0.4 is 16.5 Å².